The third-order valence-corrected chi connectivity index (χ3v) is 6.89. The molecule has 0 saturated carbocycles. The highest BCUT2D eigenvalue weighted by Gasteiger charge is 2.25. The number of carbonyl (C=O) groups excluding carboxylic acids is 1. The number of thiophene rings is 1. The Bertz CT molecular complexity index is 1050. The van der Waals surface area contributed by atoms with Crippen LogP contribution in [0.4, 0.5) is 5.00 Å². The Kier molecular flexibility index (Phi) is 4.76. The zero-order chi connectivity index (χ0) is 18.2. The maximum Gasteiger partial charge on any atom is 0.264 e. The van der Waals surface area contributed by atoms with Gasteiger partial charge in [-0.3, -0.25) is 9.52 Å². The van der Waals surface area contributed by atoms with Gasteiger partial charge in [0.2, 0.25) is 0 Å². The van der Waals surface area contributed by atoms with Crippen molar-refractivity contribution in [3.63, 3.8) is 0 Å². The summed E-state index contributed by atoms with van der Waals surface area (Å²) < 4.78 is 36.4. The Morgan fingerprint density at radius 1 is 1.24 bits per heavy atom. The van der Waals surface area contributed by atoms with Crippen LogP contribution >= 0.6 is 23.1 Å². The molecule has 2 heterocycles. The van der Waals surface area contributed by atoms with Gasteiger partial charge in [-0.15, -0.1) is 11.3 Å². The molecule has 0 spiro atoms. The average Bonchev–Trinajstić information content (AvgIpc) is 3.12. The summed E-state index contributed by atoms with van der Waals surface area (Å²) in [6.07, 6.45) is 0. The molecule has 0 fully saturated rings. The lowest BCUT2D eigenvalue weighted by Gasteiger charge is -2.09. The number of benzene rings is 1. The number of nitrogens with zero attached hydrogens (tertiary/aromatic N) is 2. The van der Waals surface area contributed by atoms with E-state index >= 15 is 0 Å². The number of amides is 1. The Balaban J connectivity index is 2.06. The highest BCUT2D eigenvalue weighted by Crippen LogP contribution is 2.34. The molecular weight excluding hydrogens is 380 g/mol. The van der Waals surface area contributed by atoms with Crippen molar-refractivity contribution in [3.05, 3.63) is 34.2 Å². The van der Waals surface area contributed by atoms with E-state index in [1.165, 1.54) is 17.4 Å². The molecule has 2 aromatic heterocycles. The van der Waals surface area contributed by atoms with Gasteiger partial charge in [-0.2, -0.15) is 8.75 Å². The van der Waals surface area contributed by atoms with E-state index in [1.54, 1.807) is 19.1 Å². The fourth-order valence-corrected chi connectivity index (χ4v) is 5.53. The molecule has 0 unspecified atom stereocenters. The predicted molar refractivity (Wildman–Crippen MR) is 100 cm³/mol. The third kappa shape index (κ3) is 3.24. The second kappa shape index (κ2) is 6.70. The first-order valence-corrected chi connectivity index (χ1v) is 10.5. The number of carbonyl (C=O) groups is 1. The quantitative estimate of drug-likeness (QED) is 0.690. The minimum Gasteiger partial charge on any atom is -0.352 e. The Morgan fingerprint density at radius 2 is 2.00 bits per heavy atom. The smallest absolute Gasteiger partial charge is 0.264 e. The zero-order valence-electron chi connectivity index (χ0n) is 13.8. The molecule has 1 amide bonds. The molecular formula is C15H16N4O3S3. The largest absolute Gasteiger partial charge is 0.352 e. The van der Waals surface area contributed by atoms with E-state index in [0.717, 1.165) is 22.2 Å². The van der Waals surface area contributed by atoms with Gasteiger partial charge in [0.25, 0.3) is 15.9 Å². The van der Waals surface area contributed by atoms with Crippen LogP contribution in [-0.2, 0) is 10.0 Å². The van der Waals surface area contributed by atoms with Gasteiger partial charge in [-0.1, -0.05) is 6.07 Å². The molecule has 25 heavy (non-hydrogen) atoms. The first-order chi connectivity index (χ1) is 11.8. The lowest BCUT2D eigenvalue weighted by molar-refractivity contribution is 0.0956. The van der Waals surface area contributed by atoms with Crippen molar-refractivity contribution in [2.45, 2.75) is 25.7 Å². The van der Waals surface area contributed by atoms with Gasteiger partial charge in [0.1, 0.15) is 20.9 Å². The minimum absolute atomic E-state index is 0.0457. The summed E-state index contributed by atoms with van der Waals surface area (Å²) in [7, 11) is -3.90. The molecule has 0 radical (unpaired) electrons. The highest BCUT2D eigenvalue weighted by molar-refractivity contribution is 7.93. The molecule has 0 bridgehead atoms. The second-order valence-corrected chi connectivity index (χ2v) is 8.74. The summed E-state index contributed by atoms with van der Waals surface area (Å²) in [4.78, 5) is 13.3. The van der Waals surface area contributed by atoms with Crippen molar-refractivity contribution in [2.24, 2.45) is 0 Å². The molecule has 2 N–H and O–H groups in total. The van der Waals surface area contributed by atoms with Crippen LogP contribution in [0.2, 0.25) is 0 Å². The summed E-state index contributed by atoms with van der Waals surface area (Å²) >= 11 is 2.20. The highest BCUT2D eigenvalue weighted by atomic mass is 32.2. The molecule has 0 aliphatic rings. The summed E-state index contributed by atoms with van der Waals surface area (Å²) in [6, 6.07) is 4.80. The fraction of sp³-hybridized carbons (Fsp3) is 0.267. The number of nitrogens with one attached hydrogen (secondary N) is 2. The molecule has 0 aliphatic carbocycles. The maximum atomic E-state index is 12.9. The fourth-order valence-electron chi connectivity index (χ4n) is 2.40. The van der Waals surface area contributed by atoms with E-state index in [9.17, 15) is 13.2 Å². The first kappa shape index (κ1) is 17.8. The molecule has 3 rings (SSSR count). The van der Waals surface area contributed by atoms with E-state index in [2.05, 4.69) is 18.8 Å². The third-order valence-electron chi connectivity index (χ3n) is 3.72. The maximum absolute atomic E-state index is 12.9. The number of anilines is 1. The number of rotatable bonds is 5. The van der Waals surface area contributed by atoms with Crippen LogP contribution in [0, 0.1) is 13.8 Å². The van der Waals surface area contributed by atoms with Crippen molar-refractivity contribution < 1.29 is 13.2 Å². The zero-order valence-corrected chi connectivity index (χ0v) is 16.2. The summed E-state index contributed by atoms with van der Waals surface area (Å²) in [5, 5.41) is 3.03. The van der Waals surface area contributed by atoms with Crippen LogP contribution in [0.3, 0.4) is 0 Å². The van der Waals surface area contributed by atoms with E-state index < -0.39 is 10.0 Å². The van der Waals surface area contributed by atoms with Gasteiger partial charge >= 0.3 is 0 Å². The van der Waals surface area contributed by atoms with Crippen LogP contribution in [0.5, 0.6) is 0 Å². The van der Waals surface area contributed by atoms with E-state index in [-0.39, 0.29) is 10.8 Å². The van der Waals surface area contributed by atoms with Crippen molar-refractivity contribution in [2.75, 3.05) is 11.3 Å². The Labute approximate surface area is 153 Å². The monoisotopic (exact) mass is 396 g/mol. The summed E-state index contributed by atoms with van der Waals surface area (Å²) in [5.74, 6) is -0.296. The number of hydrogen-bond acceptors (Lipinski definition) is 7. The van der Waals surface area contributed by atoms with Gasteiger partial charge in [-0.05, 0) is 38.5 Å². The molecule has 0 saturated heterocycles. The average molecular weight is 397 g/mol. The number of sulfonamides is 1. The summed E-state index contributed by atoms with van der Waals surface area (Å²) in [5.41, 5.74) is 1.97. The first-order valence-electron chi connectivity index (χ1n) is 7.47. The Hall–Kier alpha value is -2.04. The van der Waals surface area contributed by atoms with Crippen molar-refractivity contribution in [1.82, 2.24) is 14.1 Å². The normalized spacial score (nSPS) is 11.6. The van der Waals surface area contributed by atoms with Gasteiger partial charge in [0.05, 0.1) is 17.3 Å². The van der Waals surface area contributed by atoms with Gasteiger partial charge < -0.3 is 5.32 Å². The molecule has 10 heteroatoms. The van der Waals surface area contributed by atoms with Crippen LogP contribution in [0.25, 0.3) is 11.0 Å². The van der Waals surface area contributed by atoms with Crippen LogP contribution in [-0.4, -0.2) is 29.6 Å². The number of aromatic nitrogens is 2. The molecule has 0 atom stereocenters. The molecule has 1 aromatic carbocycles. The SMILES string of the molecule is CCNC(=O)c1c(NS(=O)(=O)c2cccc3nsnc23)sc(C)c1C. The topological polar surface area (TPSA) is 101 Å². The molecule has 3 aromatic rings. The Morgan fingerprint density at radius 3 is 2.72 bits per heavy atom. The van der Waals surface area contributed by atoms with E-state index in [4.69, 9.17) is 0 Å². The predicted octanol–water partition coefficient (Wildman–Crippen LogP) is 2.92. The van der Waals surface area contributed by atoms with E-state index in [1.807, 2.05) is 13.8 Å². The van der Waals surface area contributed by atoms with Crippen molar-refractivity contribution >= 4 is 55.0 Å². The van der Waals surface area contributed by atoms with Gasteiger partial charge in [-0.25, -0.2) is 8.42 Å². The summed E-state index contributed by atoms with van der Waals surface area (Å²) in [6.45, 7) is 5.93. The number of aryl methyl sites for hydroxylation is 1. The van der Waals surface area contributed by atoms with Crippen LogP contribution < -0.4 is 10.0 Å². The van der Waals surface area contributed by atoms with Crippen molar-refractivity contribution in [3.8, 4) is 0 Å². The molecule has 132 valence electrons. The number of fused-ring (bicyclic) bond motifs is 1. The van der Waals surface area contributed by atoms with Gasteiger partial charge in [0.15, 0.2) is 0 Å². The lowest BCUT2D eigenvalue weighted by Crippen LogP contribution is -2.24. The molecule has 0 aliphatic heterocycles. The van der Waals surface area contributed by atoms with Crippen LogP contribution in [0.15, 0.2) is 23.1 Å². The van der Waals surface area contributed by atoms with Crippen LogP contribution in [0.1, 0.15) is 27.7 Å². The lowest BCUT2D eigenvalue weighted by atomic mass is 10.1. The van der Waals surface area contributed by atoms with Gasteiger partial charge in [0, 0.05) is 11.4 Å². The number of hydrogen-bond donors (Lipinski definition) is 2. The minimum atomic E-state index is -3.90. The molecule has 7 nitrogen and oxygen atoms in total. The van der Waals surface area contributed by atoms with E-state index in [0.29, 0.717) is 28.1 Å². The van der Waals surface area contributed by atoms with Crippen molar-refractivity contribution in [1.29, 1.82) is 0 Å². The standard InChI is InChI=1S/C15H16N4O3S3/c1-4-16-14(20)12-8(2)9(3)23-15(12)19-25(21,22)11-7-5-6-10-13(11)18-24-17-10/h5-7,19H,4H2,1-3H3,(H,16,20). The second-order valence-electron chi connectivity index (χ2n) is 5.34.